The number of rotatable bonds is 5. The van der Waals surface area contributed by atoms with Crippen molar-refractivity contribution in [1.82, 2.24) is 15.1 Å². The maximum Gasteiger partial charge on any atom is 0.0478 e. The molecule has 3 heteroatoms. The number of nitrogens with zero attached hydrogens (tertiary/aromatic N) is 2. The fraction of sp³-hybridized carbons (Fsp3) is 0.667. The molecule has 1 saturated heterocycles. The maximum atomic E-state index is 3.49. The van der Waals surface area contributed by atoms with Gasteiger partial charge in [0.1, 0.15) is 0 Å². The first-order valence-electron chi connectivity index (χ1n) is 8.20. The predicted molar refractivity (Wildman–Crippen MR) is 90.9 cm³/mol. The zero-order valence-electron chi connectivity index (χ0n) is 14.3. The molecule has 21 heavy (non-hydrogen) atoms. The van der Waals surface area contributed by atoms with Crippen molar-refractivity contribution >= 4 is 0 Å². The van der Waals surface area contributed by atoms with Gasteiger partial charge in [-0.2, -0.15) is 0 Å². The molecule has 1 aromatic rings. The lowest BCUT2D eigenvalue weighted by molar-refractivity contribution is 0.0968. The Bertz CT molecular complexity index is 425. The molecular weight excluding hydrogens is 258 g/mol. The number of hydrogen-bond donors (Lipinski definition) is 1. The highest BCUT2D eigenvalue weighted by Crippen LogP contribution is 2.26. The molecule has 1 N–H and O–H groups in total. The first-order chi connectivity index (χ1) is 9.99. The molecule has 0 saturated carbocycles. The van der Waals surface area contributed by atoms with Crippen LogP contribution in [0.1, 0.15) is 43.9 Å². The van der Waals surface area contributed by atoms with Gasteiger partial charge in [-0.15, -0.1) is 0 Å². The Morgan fingerprint density at radius 3 is 2.33 bits per heavy atom. The molecule has 118 valence electrons. The molecule has 1 heterocycles. The van der Waals surface area contributed by atoms with Gasteiger partial charge in [-0.3, -0.25) is 4.90 Å². The predicted octanol–water partition coefficient (Wildman–Crippen LogP) is 2.71. The van der Waals surface area contributed by atoms with E-state index >= 15 is 0 Å². The van der Waals surface area contributed by atoms with Gasteiger partial charge in [-0.1, -0.05) is 38.1 Å². The van der Waals surface area contributed by atoms with Crippen LogP contribution < -0.4 is 5.32 Å². The molecule has 0 aliphatic carbocycles. The third kappa shape index (κ3) is 4.29. The summed E-state index contributed by atoms with van der Waals surface area (Å²) in [6.45, 7) is 11.2. The number of nitrogens with one attached hydrogen (secondary N) is 1. The molecule has 2 rings (SSSR count). The normalized spacial score (nSPS) is 22.0. The molecule has 3 nitrogen and oxygen atoms in total. The van der Waals surface area contributed by atoms with E-state index in [9.17, 15) is 0 Å². The smallest absolute Gasteiger partial charge is 0.0478 e. The van der Waals surface area contributed by atoms with Gasteiger partial charge in [0, 0.05) is 38.3 Å². The summed E-state index contributed by atoms with van der Waals surface area (Å²) in [6.07, 6.45) is 0. The topological polar surface area (TPSA) is 18.5 Å². The van der Waals surface area contributed by atoms with E-state index in [1.165, 1.54) is 11.1 Å². The SMILES string of the molecule is CC(C)c1ccc(C(CN(C)C)N2CCNCC2C)cc1. The summed E-state index contributed by atoms with van der Waals surface area (Å²) in [5, 5.41) is 3.49. The Morgan fingerprint density at radius 2 is 1.81 bits per heavy atom. The van der Waals surface area contributed by atoms with E-state index in [-0.39, 0.29) is 0 Å². The maximum absolute atomic E-state index is 3.49. The van der Waals surface area contributed by atoms with E-state index in [2.05, 4.69) is 74.2 Å². The Morgan fingerprint density at radius 1 is 1.19 bits per heavy atom. The molecule has 0 aromatic heterocycles. The standard InChI is InChI=1S/C18H31N3/c1-14(2)16-6-8-17(9-7-16)18(13-20(4)5)21-11-10-19-12-15(21)3/h6-9,14-15,18-19H,10-13H2,1-5H3. The van der Waals surface area contributed by atoms with Crippen molar-refractivity contribution in [2.45, 2.75) is 38.8 Å². The number of piperazine rings is 1. The minimum absolute atomic E-state index is 0.485. The molecule has 0 spiro atoms. The van der Waals surface area contributed by atoms with Gasteiger partial charge >= 0.3 is 0 Å². The molecule has 0 bridgehead atoms. The van der Waals surface area contributed by atoms with Crippen LogP contribution in [-0.4, -0.2) is 56.1 Å². The van der Waals surface area contributed by atoms with Crippen LogP contribution in [0.2, 0.25) is 0 Å². The van der Waals surface area contributed by atoms with Crippen molar-refractivity contribution in [3.05, 3.63) is 35.4 Å². The summed E-state index contributed by atoms with van der Waals surface area (Å²) in [5.41, 5.74) is 2.87. The Labute approximate surface area is 130 Å². The van der Waals surface area contributed by atoms with Crippen LogP contribution in [-0.2, 0) is 0 Å². The summed E-state index contributed by atoms with van der Waals surface area (Å²) in [5.74, 6) is 0.601. The first-order valence-corrected chi connectivity index (χ1v) is 8.20. The average molecular weight is 289 g/mol. The molecule has 1 fully saturated rings. The second-order valence-electron chi connectivity index (χ2n) is 6.89. The van der Waals surface area contributed by atoms with Gasteiger partial charge in [-0.05, 0) is 38.1 Å². The zero-order valence-corrected chi connectivity index (χ0v) is 14.3. The summed E-state index contributed by atoms with van der Waals surface area (Å²) in [7, 11) is 4.34. The minimum atomic E-state index is 0.485. The van der Waals surface area contributed by atoms with Crippen LogP contribution in [0.25, 0.3) is 0 Å². The monoisotopic (exact) mass is 289 g/mol. The molecule has 0 radical (unpaired) electrons. The van der Waals surface area contributed by atoms with Gasteiger partial charge in [-0.25, -0.2) is 0 Å². The third-order valence-corrected chi connectivity index (χ3v) is 4.48. The second kappa shape index (κ2) is 7.39. The summed E-state index contributed by atoms with van der Waals surface area (Å²) >= 11 is 0. The third-order valence-electron chi connectivity index (χ3n) is 4.48. The van der Waals surface area contributed by atoms with Gasteiger partial charge < -0.3 is 10.2 Å². The van der Waals surface area contributed by atoms with Crippen LogP contribution in [0, 0.1) is 0 Å². The lowest BCUT2D eigenvalue weighted by Crippen LogP contribution is -2.52. The van der Waals surface area contributed by atoms with Crippen LogP contribution in [0.3, 0.4) is 0 Å². The molecule has 1 aliphatic rings. The molecule has 2 unspecified atom stereocenters. The van der Waals surface area contributed by atoms with Crippen molar-refractivity contribution in [3.63, 3.8) is 0 Å². The number of likely N-dealkylation sites (N-methyl/N-ethyl adjacent to an activating group) is 1. The van der Waals surface area contributed by atoms with Gasteiger partial charge in [0.25, 0.3) is 0 Å². The van der Waals surface area contributed by atoms with E-state index in [0.29, 0.717) is 18.0 Å². The largest absolute Gasteiger partial charge is 0.314 e. The molecule has 0 amide bonds. The van der Waals surface area contributed by atoms with Crippen molar-refractivity contribution in [3.8, 4) is 0 Å². The van der Waals surface area contributed by atoms with Gasteiger partial charge in [0.05, 0.1) is 0 Å². The first kappa shape index (κ1) is 16.5. The number of hydrogen-bond acceptors (Lipinski definition) is 3. The van der Waals surface area contributed by atoms with Crippen LogP contribution in [0.4, 0.5) is 0 Å². The van der Waals surface area contributed by atoms with E-state index in [0.717, 1.165) is 26.2 Å². The average Bonchev–Trinajstić information content (AvgIpc) is 2.45. The molecule has 2 atom stereocenters. The second-order valence-corrected chi connectivity index (χ2v) is 6.89. The van der Waals surface area contributed by atoms with Crippen LogP contribution in [0.5, 0.6) is 0 Å². The van der Waals surface area contributed by atoms with E-state index in [1.807, 2.05) is 0 Å². The molecule has 1 aromatic carbocycles. The van der Waals surface area contributed by atoms with E-state index in [1.54, 1.807) is 0 Å². The Kier molecular flexibility index (Phi) is 5.80. The highest BCUT2D eigenvalue weighted by atomic mass is 15.3. The Balaban J connectivity index is 2.22. The lowest BCUT2D eigenvalue weighted by Gasteiger charge is -2.41. The van der Waals surface area contributed by atoms with Crippen molar-refractivity contribution in [2.24, 2.45) is 0 Å². The molecule has 1 aliphatic heterocycles. The highest BCUT2D eigenvalue weighted by molar-refractivity contribution is 5.27. The molecular formula is C18H31N3. The Hall–Kier alpha value is -0.900. The lowest BCUT2D eigenvalue weighted by atomic mass is 9.97. The number of benzene rings is 1. The fourth-order valence-electron chi connectivity index (χ4n) is 3.17. The van der Waals surface area contributed by atoms with Crippen LogP contribution >= 0.6 is 0 Å². The minimum Gasteiger partial charge on any atom is -0.314 e. The summed E-state index contributed by atoms with van der Waals surface area (Å²) in [6, 6.07) is 10.3. The summed E-state index contributed by atoms with van der Waals surface area (Å²) in [4.78, 5) is 4.96. The van der Waals surface area contributed by atoms with Crippen LogP contribution in [0.15, 0.2) is 24.3 Å². The van der Waals surface area contributed by atoms with Gasteiger partial charge in [0.2, 0.25) is 0 Å². The van der Waals surface area contributed by atoms with Crippen molar-refractivity contribution in [2.75, 3.05) is 40.3 Å². The van der Waals surface area contributed by atoms with E-state index in [4.69, 9.17) is 0 Å². The summed E-state index contributed by atoms with van der Waals surface area (Å²) < 4.78 is 0. The zero-order chi connectivity index (χ0) is 15.4. The van der Waals surface area contributed by atoms with Gasteiger partial charge in [0.15, 0.2) is 0 Å². The fourth-order valence-corrected chi connectivity index (χ4v) is 3.17. The quantitative estimate of drug-likeness (QED) is 0.899. The van der Waals surface area contributed by atoms with E-state index < -0.39 is 0 Å². The van der Waals surface area contributed by atoms with Crippen molar-refractivity contribution < 1.29 is 0 Å². The highest BCUT2D eigenvalue weighted by Gasteiger charge is 2.27. The van der Waals surface area contributed by atoms with Crippen molar-refractivity contribution in [1.29, 1.82) is 0 Å².